The van der Waals surface area contributed by atoms with Gasteiger partial charge in [-0.3, -0.25) is 0 Å². The number of rotatable bonds is 2. The highest BCUT2D eigenvalue weighted by molar-refractivity contribution is 7.13. The fourth-order valence-corrected chi connectivity index (χ4v) is 2.96. The molecule has 3 aromatic rings. The van der Waals surface area contributed by atoms with Crippen molar-refractivity contribution >= 4 is 28.6 Å². The van der Waals surface area contributed by atoms with Crippen LogP contribution in [0.3, 0.4) is 0 Å². The molecule has 3 rings (SSSR count). The van der Waals surface area contributed by atoms with Crippen molar-refractivity contribution < 1.29 is 0 Å². The summed E-state index contributed by atoms with van der Waals surface area (Å²) >= 11 is 7.67. The average molecular weight is 301 g/mol. The molecule has 20 heavy (non-hydrogen) atoms. The van der Waals surface area contributed by atoms with Crippen LogP contribution in [0.15, 0.2) is 47.8 Å². The smallest absolute Gasteiger partial charge is 0.124 e. The summed E-state index contributed by atoms with van der Waals surface area (Å²) in [5.41, 5.74) is 10.7. The molecule has 1 aromatic heterocycles. The van der Waals surface area contributed by atoms with Gasteiger partial charge in [-0.25, -0.2) is 4.98 Å². The number of thiazole rings is 1. The minimum Gasteiger partial charge on any atom is -0.399 e. The lowest BCUT2D eigenvalue weighted by molar-refractivity contribution is 1.38. The van der Waals surface area contributed by atoms with E-state index in [1.54, 1.807) is 11.3 Å². The highest BCUT2D eigenvalue weighted by atomic mass is 35.5. The first-order chi connectivity index (χ1) is 9.63. The van der Waals surface area contributed by atoms with E-state index >= 15 is 0 Å². The molecule has 0 spiro atoms. The van der Waals surface area contributed by atoms with Gasteiger partial charge in [0.05, 0.1) is 5.69 Å². The van der Waals surface area contributed by atoms with Crippen LogP contribution in [0, 0.1) is 6.92 Å². The predicted octanol–water partition coefficient (Wildman–Crippen LogP) is 5.02. The molecule has 4 heteroatoms. The number of hydrogen-bond donors (Lipinski definition) is 1. The highest BCUT2D eigenvalue weighted by Crippen LogP contribution is 2.31. The van der Waals surface area contributed by atoms with Gasteiger partial charge in [0.1, 0.15) is 5.01 Å². The standard InChI is InChI=1S/C16H13ClN2S/c1-10-7-11(5-6-14(10)17)15-9-20-16(19-15)12-3-2-4-13(18)8-12/h2-9H,18H2,1H3. The summed E-state index contributed by atoms with van der Waals surface area (Å²) < 4.78 is 0. The molecule has 0 saturated heterocycles. The Labute approximate surface area is 126 Å². The summed E-state index contributed by atoms with van der Waals surface area (Å²) in [6.07, 6.45) is 0. The zero-order valence-corrected chi connectivity index (χ0v) is 12.5. The fourth-order valence-electron chi connectivity index (χ4n) is 2.01. The van der Waals surface area contributed by atoms with Crippen molar-refractivity contribution in [3.8, 4) is 21.8 Å². The monoisotopic (exact) mass is 300 g/mol. The lowest BCUT2D eigenvalue weighted by atomic mass is 10.1. The molecule has 0 atom stereocenters. The van der Waals surface area contributed by atoms with E-state index in [2.05, 4.69) is 16.4 Å². The Morgan fingerprint density at radius 2 is 1.95 bits per heavy atom. The van der Waals surface area contributed by atoms with Gasteiger partial charge in [0.15, 0.2) is 0 Å². The predicted molar refractivity (Wildman–Crippen MR) is 87.1 cm³/mol. The Morgan fingerprint density at radius 1 is 1.10 bits per heavy atom. The van der Waals surface area contributed by atoms with Crippen molar-refractivity contribution in [1.29, 1.82) is 0 Å². The van der Waals surface area contributed by atoms with Crippen molar-refractivity contribution in [3.63, 3.8) is 0 Å². The normalized spacial score (nSPS) is 10.7. The Kier molecular flexibility index (Phi) is 3.47. The molecular weight excluding hydrogens is 288 g/mol. The largest absolute Gasteiger partial charge is 0.399 e. The number of nitrogens with zero attached hydrogens (tertiary/aromatic N) is 1. The number of hydrogen-bond acceptors (Lipinski definition) is 3. The lowest BCUT2D eigenvalue weighted by Gasteiger charge is -2.01. The molecule has 0 aliphatic carbocycles. The maximum absolute atomic E-state index is 6.05. The van der Waals surface area contributed by atoms with E-state index in [0.717, 1.165) is 38.1 Å². The minimum atomic E-state index is 0.751. The van der Waals surface area contributed by atoms with Crippen molar-refractivity contribution in [3.05, 3.63) is 58.4 Å². The number of nitrogens with two attached hydrogens (primary N) is 1. The van der Waals surface area contributed by atoms with Crippen LogP contribution in [0.4, 0.5) is 5.69 Å². The van der Waals surface area contributed by atoms with Crippen LogP contribution in [-0.4, -0.2) is 4.98 Å². The van der Waals surface area contributed by atoms with E-state index < -0.39 is 0 Å². The maximum atomic E-state index is 6.05. The summed E-state index contributed by atoms with van der Waals surface area (Å²) in [5, 5.41) is 3.81. The molecule has 0 aliphatic rings. The first-order valence-corrected chi connectivity index (χ1v) is 7.47. The number of halogens is 1. The van der Waals surface area contributed by atoms with Crippen LogP contribution in [0.25, 0.3) is 21.8 Å². The van der Waals surface area contributed by atoms with E-state index in [1.165, 1.54) is 0 Å². The van der Waals surface area contributed by atoms with Crippen molar-refractivity contribution in [2.45, 2.75) is 6.92 Å². The molecule has 0 saturated carbocycles. The van der Waals surface area contributed by atoms with Crippen molar-refractivity contribution in [2.24, 2.45) is 0 Å². The fraction of sp³-hybridized carbons (Fsp3) is 0.0625. The average Bonchev–Trinajstić information content (AvgIpc) is 2.92. The molecule has 1 heterocycles. The summed E-state index contributed by atoms with van der Waals surface area (Å²) in [6.45, 7) is 2.00. The highest BCUT2D eigenvalue weighted by Gasteiger charge is 2.08. The molecule has 0 unspecified atom stereocenters. The van der Waals surface area contributed by atoms with E-state index in [0.29, 0.717) is 0 Å². The van der Waals surface area contributed by atoms with Crippen LogP contribution in [-0.2, 0) is 0 Å². The van der Waals surface area contributed by atoms with Gasteiger partial charge >= 0.3 is 0 Å². The molecule has 0 aliphatic heterocycles. The van der Waals surface area contributed by atoms with E-state index in [9.17, 15) is 0 Å². The first-order valence-electron chi connectivity index (χ1n) is 6.21. The molecule has 100 valence electrons. The molecule has 0 amide bonds. The Bertz CT molecular complexity index is 765. The number of anilines is 1. The second-order valence-corrected chi connectivity index (χ2v) is 5.89. The number of aryl methyl sites for hydroxylation is 1. The molecule has 0 bridgehead atoms. The van der Waals surface area contributed by atoms with Gasteiger partial charge in [-0.2, -0.15) is 0 Å². The molecule has 0 radical (unpaired) electrons. The van der Waals surface area contributed by atoms with Gasteiger partial charge < -0.3 is 5.73 Å². The van der Waals surface area contributed by atoms with Gasteiger partial charge in [-0.05, 0) is 36.8 Å². The molecular formula is C16H13ClN2S. The SMILES string of the molecule is Cc1cc(-c2csc(-c3cccc(N)c3)n2)ccc1Cl. The van der Waals surface area contributed by atoms with E-state index in [1.807, 2.05) is 43.3 Å². The van der Waals surface area contributed by atoms with Crippen LogP contribution in [0.2, 0.25) is 5.02 Å². The minimum absolute atomic E-state index is 0.751. The third-order valence-electron chi connectivity index (χ3n) is 3.09. The molecule has 0 fully saturated rings. The number of benzene rings is 2. The number of nitrogen functional groups attached to an aromatic ring is 1. The number of aromatic nitrogens is 1. The zero-order chi connectivity index (χ0) is 14.1. The third kappa shape index (κ3) is 2.55. The van der Waals surface area contributed by atoms with Crippen molar-refractivity contribution in [1.82, 2.24) is 4.98 Å². The van der Waals surface area contributed by atoms with Gasteiger partial charge in [0, 0.05) is 27.2 Å². The summed E-state index contributed by atoms with van der Waals surface area (Å²) in [6, 6.07) is 13.7. The molecule has 2 nitrogen and oxygen atoms in total. The van der Waals surface area contributed by atoms with E-state index in [-0.39, 0.29) is 0 Å². The van der Waals surface area contributed by atoms with Gasteiger partial charge in [-0.15, -0.1) is 11.3 Å². The van der Waals surface area contributed by atoms with E-state index in [4.69, 9.17) is 17.3 Å². The first kappa shape index (κ1) is 13.2. The van der Waals surface area contributed by atoms with Gasteiger partial charge in [0.2, 0.25) is 0 Å². The lowest BCUT2D eigenvalue weighted by Crippen LogP contribution is -1.85. The summed E-state index contributed by atoms with van der Waals surface area (Å²) in [4.78, 5) is 4.68. The topological polar surface area (TPSA) is 38.9 Å². The second kappa shape index (κ2) is 5.27. The van der Waals surface area contributed by atoms with Gasteiger partial charge in [-0.1, -0.05) is 29.8 Å². The second-order valence-electron chi connectivity index (χ2n) is 4.63. The maximum Gasteiger partial charge on any atom is 0.124 e. The Balaban J connectivity index is 1.99. The van der Waals surface area contributed by atoms with Crippen molar-refractivity contribution in [2.75, 3.05) is 5.73 Å². The van der Waals surface area contributed by atoms with Crippen LogP contribution >= 0.6 is 22.9 Å². The van der Waals surface area contributed by atoms with Crippen LogP contribution < -0.4 is 5.73 Å². The van der Waals surface area contributed by atoms with Gasteiger partial charge in [0.25, 0.3) is 0 Å². The third-order valence-corrected chi connectivity index (χ3v) is 4.41. The summed E-state index contributed by atoms with van der Waals surface area (Å²) in [7, 11) is 0. The van der Waals surface area contributed by atoms with Crippen LogP contribution in [0.1, 0.15) is 5.56 Å². The molecule has 2 aromatic carbocycles. The van der Waals surface area contributed by atoms with Crippen LogP contribution in [0.5, 0.6) is 0 Å². The zero-order valence-electron chi connectivity index (χ0n) is 10.9. The summed E-state index contributed by atoms with van der Waals surface area (Å²) in [5.74, 6) is 0. The quantitative estimate of drug-likeness (QED) is 0.675. The Morgan fingerprint density at radius 3 is 2.70 bits per heavy atom. The molecule has 2 N–H and O–H groups in total. The Hall–Kier alpha value is -1.84.